The van der Waals surface area contributed by atoms with Crippen molar-refractivity contribution < 1.29 is 0 Å². The summed E-state index contributed by atoms with van der Waals surface area (Å²) in [5.41, 5.74) is 6.18. The van der Waals surface area contributed by atoms with Crippen molar-refractivity contribution in [3.8, 4) is 0 Å². The quantitative estimate of drug-likeness (QED) is 0.747. The lowest BCUT2D eigenvalue weighted by Crippen LogP contribution is -2.37. The van der Waals surface area contributed by atoms with E-state index in [1.165, 1.54) is 5.69 Å². The molecule has 0 unspecified atom stereocenters. The second-order valence-corrected chi connectivity index (χ2v) is 8.00. The molecular weight excluding hydrogens is 268 g/mol. The molecular formula is C20H32N2. The van der Waals surface area contributed by atoms with Crippen LogP contribution < -0.4 is 9.80 Å². The van der Waals surface area contributed by atoms with Crippen molar-refractivity contribution in [2.24, 2.45) is 0 Å². The van der Waals surface area contributed by atoms with Gasteiger partial charge in [-0.25, -0.2) is 0 Å². The Labute approximate surface area is 136 Å². The molecule has 0 saturated heterocycles. The molecule has 0 amide bonds. The maximum absolute atomic E-state index is 2.67. The molecule has 3 rings (SSSR count). The van der Waals surface area contributed by atoms with Gasteiger partial charge in [0, 0.05) is 52.9 Å². The lowest BCUT2D eigenvalue weighted by Gasteiger charge is -2.32. The molecule has 0 aromatic heterocycles. The summed E-state index contributed by atoms with van der Waals surface area (Å²) in [6.45, 7) is 18.9. The Morgan fingerprint density at radius 2 is 1.32 bits per heavy atom. The van der Waals surface area contributed by atoms with Gasteiger partial charge < -0.3 is 9.80 Å². The number of anilines is 2. The molecule has 0 saturated carbocycles. The molecule has 122 valence electrons. The van der Waals surface area contributed by atoms with Crippen LogP contribution in [0.1, 0.15) is 78.4 Å². The van der Waals surface area contributed by atoms with Crippen molar-refractivity contribution in [3.63, 3.8) is 0 Å². The Morgan fingerprint density at radius 1 is 0.773 bits per heavy atom. The topological polar surface area (TPSA) is 6.48 Å². The summed E-state index contributed by atoms with van der Waals surface area (Å²) >= 11 is 0. The maximum Gasteiger partial charge on any atom is 0.0464 e. The predicted octanol–water partition coefficient (Wildman–Crippen LogP) is 5.13. The molecule has 1 aromatic rings. The predicted molar refractivity (Wildman–Crippen MR) is 97.4 cm³/mol. The number of hydrogen-bond donors (Lipinski definition) is 0. The summed E-state index contributed by atoms with van der Waals surface area (Å²) in [4.78, 5) is 5.29. The Kier molecular flexibility index (Phi) is 3.70. The molecule has 2 nitrogen and oxygen atoms in total. The molecule has 0 radical (unpaired) electrons. The van der Waals surface area contributed by atoms with Gasteiger partial charge in [0.2, 0.25) is 0 Å². The van der Waals surface area contributed by atoms with Gasteiger partial charge in [0.25, 0.3) is 0 Å². The van der Waals surface area contributed by atoms with E-state index in [4.69, 9.17) is 0 Å². The third-order valence-corrected chi connectivity index (χ3v) is 6.14. The average molecular weight is 300 g/mol. The summed E-state index contributed by atoms with van der Waals surface area (Å²) in [5.74, 6) is 1.23. The molecule has 0 fully saturated rings. The van der Waals surface area contributed by atoms with Gasteiger partial charge in [-0.2, -0.15) is 0 Å². The van der Waals surface area contributed by atoms with Crippen LogP contribution in [0.15, 0.2) is 12.1 Å². The van der Waals surface area contributed by atoms with Gasteiger partial charge in [-0.3, -0.25) is 0 Å². The molecule has 0 aliphatic carbocycles. The lowest BCUT2D eigenvalue weighted by atomic mass is 9.91. The van der Waals surface area contributed by atoms with E-state index in [9.17, 15) is 0 Å². The van der Waals surface area contributed by atoms with Crippen molar-refractivity contribution in [1.82, 2.24) is 0 Å². The number of nitrogens with zero attached hydrogens (tertiary/aromatic N) is 2. The van der Waals surface area contributed by atoms with Crippen LogP contribution in [0.25, 0.3) is 0 Å². The normalized spacial score (nSPS) is 30.5. The zero-order chi connectivity index (χ0) is 16.3. The highest BCUT2D eigenvalue weighted by Crippen LogP contribution is 2.53. The number of fused-ring (bicyclic) bond motifs is 3. The fourth-order valence-electron chi connectivity index (χ4n) is 4.83. The first kappa shape index (κ1) is 15.7. The van der Waals surface area contributed by atoms with Crippen LogP contribution in [0, 0.1) is 0 Å². The molecule has 0 spiro atoms. The highest BCUT2D eigenvalue weighted by atomic mass is 15.2. The van der Waals surface area contributed by atoms with E-state index in [1.54, 1.807) is 16.8 Å². The molecule has 2 heteroatoms. The van der Waals surface area contributed by atoms with Gasteiger partial charge >= 0.3 is 0 Å². The van der Waals surface area contributed by atoms with Gasteiger partial charge in [-0.15, -0.1) is 0 Å². The van der Waals surface area contributed by atoms with Crippen molar-refractivity contribution in [2.75, 3.05) is 9.80 Å². The van der Waals surface area contributed by atoms with Gasteiger partial charge in [0.05, 0.1) is 0 Å². The van der Waals surface area contributed by atoms with Crippen molar-refractivity contribution >= 4 is 11.4 Å². The van der Waals surface area contributed by atoms with E-state index in [0.717, 1.165) is 0 Å². The summed E-state index contributed by atoms with van der Waals surface area (Å²) in [7, 11) is 0. The Hall–Kier alpha value is -1.18. The fraction of sp³-hybridized carbons (Fsp3) is 0.700. The van der Waals surface area contributed by atoms with E-state index < -0.39 is 0 Å². The van der Waals surface area contributed by atoms with Gasteiger partial charge in [-0.05, 0) is 53.2 Å². The minimum Gasteiger partial charge on any atom is -0.365 e. The van der Waals surface area contributed by atoms with Crippen molar-refractivity contribution in [2.45, 2.75) is 91.4 Å². The molecule has 2 aliphatic rings. The summed E-state index contributed by atoms with van der Waals surface area (Å²) < 4.78 is 0. The van der Waals surface area contributed by atoms with Gasteiger partial charge in [-0.1, -0.05) is 19.9 Å². The molecule has 0 bridgehead atoms. The van der Waals surface area contributed by atoms with E-state index in [-0.39, 0.29) is 0 Å². The highest BCUT2D eigenvalue weighted by molar-refractivity contribution is 5.79. The van der Waals surface area contributed by atoms with E-state index in [0.29, 0.717) is 36.0 Å². The smallest absolute Gasteiger partial charge is 0.0464 e. The number of benzene rings is 1. The van der Waals surface area contributed by atoms with Crippen LogP contribution in [-0.2, 0) is 0 Å². The third kappa shape index (κ3) is 1.92. The van der Waals surface area contributed by atoms with E-state index in [1.807, 2.05) is 0 Å². The van der Waals surface area contributed by atoms with Crippen LogP contribution in [-0.4, -0.2) is 24.2 Å². The minimum absolute atomic E-state index is 0.556. The van der Waals surface area contributed by atoms with Gasteiger partial charge in [0.1, 0.15) is 0 Å². The van der Waals surface area contributed by atoms with Crippen molar-refractivity contribution in [1.29, 1.82) is 0 Å². The zero-order valence-electron chi connectivity index (χ0n) is 15.5. The van der Waals surface area contributed by atoms with Crippen molar-refractivity contribution in [3.05, 3.63) is 23.3 Å². The first-order valence-corrected chi connectivity index (χ1v) is 9.00. The minimum atomic E-state index is 0.556. The van der Waals surface area contributed by atoms with E-state index >= 15 is 0 Å². The van der Waals surface area contributed by atoms with E-state index in [2.05, 4.69) is 77.3 Å². The third-order valence-electron chi connectivity index (χ3n) is 6.14. The molecule has 2 aliphatic heterocycles. The Balaban J connectivity index is 2.23. The molecule has 1 aromatic carbocycles. The largest absolute Gasteiger partial charge is 0.365 e. The maximum atomic E-state index is 2.67. The van der Waals surface area contributed by atoms with Crippen LogP contribution in [0.4, 0.5) is 11.4 Å². The second-order valence-electron chi connectivity index (χ2n) is 8.00. The SMILES string of the molecule is CC(C)N1c2ccc3c(c2[C@H](C)[C@@H]1C)N(C(C)C)[C@@H](C)[C@H]3C. The average Bonchev–Trinajstić information content (AvgIpc) is 2.84. The summed E-state index contributed by atoms with van der Waals surface area (Å²) in [6.07, 6.45) is 0. The fourth-order valence-corrected chi connectivity index (χ4v) is 4.83. The molecule has 0 N–H and O–H groups in total. The first-order valence-electron chi connectivity index (χ1n) is 9.00. The highest BCUT2D eigenvalue weighted by Gasteiger charge is 2.43. The second kappa shape index (κ2) is 5.18. The lowest BCUT2D eigenvalue weighted by molar-refractivity contribution is 0.540. The van der Waals surface area contributed by atoms with Gasteiger partial charge in [0.15, 0.2) is 0 Å². The molecule has 22 heavy (non-hydrogen) atoms. The first-order chi connectivity index (χ1) is 10.3. The Bertz CT molecular complexity index is 575. The molecule has 2 heterocycles. The zero-order valence-corrected chi connectivity index (χ0v) is 15.5. The number of hydrogen-bond acceptors (Lipinski definition) is 2. The monoisotopic (exact) mass is 300 g/mol. The molecule has 4 atom stereocenters. The van der Waals surface area contributed by atoms with Crippen LogP contribution >= 0.6 is 0 Å². The van der Waals surface area contributed by atoms with Crippen LogP contribution in [0.3, 0.4) is 0 Å². The Morgan fingerprint density at radius 3 is 1.86 bits per heavy atom. The summed E-state index contributed by atoms with van der Waals surface area (Å²) in [5, 5.41) is 0. The van der Waals surface area contributed by atoms with Crippen LogP contribution in [0.5, 0.6) is 0 Å². The summed E-state index contributed by atoms with van der Waals surface area (Å²) in [6, 6.07) is 7.08. The van der Waals surface area contributed by atoms with Crippen LogP contribution in [0.2, 0.25) is 0 Å². The number of rotatable bonds is 2. The standard InChI is InChI=1S/C20H32N2/c1-11(2)21-16(8)14(6)19-18(21)10-9-17-13(5)15(7)22(12(3)4)20(17)19/h9-16H,1-8H3/t13-,14-,15+,16+/m1/s1.